The topological polar surface area (TPSA) is 81.8 Å². The van der Waals surface area contributed by atoms with Gasteiger partial charge in [0.2, 0.25) is 5.60 Å². The number of halogens is 3. The van der Waals surface area contributed by atoms with Crippen molar-refractivity contribution in [3.8, 4) is 22.8 Å². The van der Waals surface area contributed by atoms with Gasteiger partial charge in [-0.2, -0.15) is 13.2 Å². The maximum Gasteiger partial charge on any atom is 0.416 e. The molecule has 6 nitrogen and oxygen atoms in total. The van der Waals surface area contributed by atoms with E-state index >= 15 is 0 Å². The van der Waals surface area contributed by atoms with Crippen molar-refractivity contribution in [2.75, 3.05) is 0 Å². The Kier molecular flexibility index (Phi) is 6.24. The van der Waals surface area contributed by atoms with Gasteiger partial charge < -0.3 is 19.1 Å². The second-order valence-electron chi connectivity index (χ2n) is 7.01. The van der Waals surface area contributed by atoms with Crippen molar-refractivity contribution in [2.24, 2.45) is 0 Å². The number of rotatable bonds is 8. The SMILES string of the molecule is CCC(C)(Oc1ccc(OCc2cc(-c3ccc(C(F)(F)F)cc3)no2)cc1)C(=O)O. The summed E-state index contributed by atoms with van der Waals surface area (Å²) in [6, 6.07) is 12.6. The lowest BCUT2D eigenvalue weighted by Gasteiger charge is -2.24. The lowest BCUT2D eigenvalue weighted by molar-refractivity contribution is -0.154. The number of alkyl halides is 3. The van der Waals surface area contributed by atoms with Gasteiger partial charge in [-0.05, 0) is 49.7 Å². The van der Waals surface area contributed by atoms with E-state index in [1.165, 1.54) is 19.1 Å². The van der Waals surface area contributed by atoms with Crippen LogP contribution >= 0.6 is 0 Å². The van der Waals surface area contributed by atoms with E-state index in [9.17, 15) is 23.1 Å². The Morgan fingerprint density at radius 3 is 2.23 bits per heavy atom. The van der Waals surface area contributed by atoms with E-state index in [1.54, 1.807) is 37.3 Å². The fraction of sp³-hybridized carbons (Fsp3) is 0.273. The highest BCUT2D eigenvalue weighted by Gasteiger charge is 2.33. The van der Waals surface area contributed by atoms with Crippen LogP contribution in [0.2, 0.25) is 0 Å². The summed E-state index contributed by atoms with van der Waals surface area (Å²) < 4.78 is 54.3. The summed E-state index contributed by atoms with van der Waals surface area (Å²) in [5.74, 6) is 0.223. The van der Waals surface area contributed by atoms with Crippen molar-refractivity contribution < 1.29 is 37.1 Å². The van der Waals surface area contributed by atoms with Crippen LogP contribution in [0.5, 0.6) is 11.5 Å². The molecular weight excluding hydrogens is 415 g/mol. The molecule has 0 saturated carbocycles. The molecule has 9 heteroatoms. The van der Waals surface area contributed by atoms with Crippen LogP contribution in [0.3, 0.4) is 0 Å². The van der Waals surface area contributed by atoms with Crippen LogP contribution in [0.15, 0.2) is 59.1 Å². The molecule has 0 bridgehead atoms. The van der Waals surface area contributed by atoms with Gasteiger partial charge in [-0.25, -0.2) is 4.79 Å². The van der Waals surface area contributed by atoms with E-state index < -0.39 is 23.3 Å². The number of carboxylic acid groups (broad SMARTS) is 1. The Labute approximate surface area is 176 Å². The van der Waals surface area contributed by atoms with Gasteiger partial charge in [0.15, 0.2) is 5.76 Å². The molecule has 1 unspecified atom stereocenters. The Hall–Kier alpha value is -3.49. The number of ether oxygens (including phenoxy) is 2. The molecular formula is C22H20F3NO5. The molecule has 0 spiro atoms. The van der Waals surface area contributed by atoms with Gasteiger partial charge in [0.1, 0.15) is 23.8 Å². The molecule has 3 aromatic rings. The predicted octanol–water partition coefficient (Wildman–Crippen LogP) is 5.57. The Bertz CT molecular complexity index is 1030. The molecule has 0 amide bonds. The number of carbonyl (C=O) groups is 1. The number of aliphatic carboxylic acids is 1. The van der Waals surface area contributed by atoms with E-state index in [0.717, 1.165) is 12.1 Å². The number of carboxylic acids is 1. The maximum atomic E-state index is 12.7. The smallest absolute Gasteiger partial charge is 0.416 e. The highest BCUT2D eigenvalue weighted by atomic mass is 19.4. The monoisotopic (exact) mass is 435 g/mol. The molecule has 0 aliphatic rings. The molecule has 1 aromatic heterocycles. The van der Waals surface area contributed by atoms with Crippen LogP contribution in [-0.2, 0) is 17.6 Å². The summed E-state index contributed by atoms with van der Waals surface area (Å²) in [5, 5.41) is 13.1. The fourth-order valence-corrected chi connectivity index (χ4v) is 2.63. The minimum Gasteiger partial charge on any atom is -0.486 e. The van der Waals surface area contributed by atoms with Crippen molar-refractivity contribution >= 4 is 5.97 Å². The lowest BCUT2D eigenvalue weighted by Crippen LogP contribution is -2.40. The third-order valence-corrected chi connectivity index (χ3v) is 4.74. The Morgan fingerprint density at radius 1 is 1.06 bits per heavy atom. The summed E-state index contributed by atoms with van der Waals surface area (Å²) in [7, 11) is 0. The molecule has 0 aliphatic carbocycles. The standard InChI is InChI=1S/C22H20F3NO5/c1-3-21(2,20(27)28)30-17-10-8-16(9-11-17)29-13-18-12-19(26-31-18)14-4-6-15(7-5-14)22(23,24)25/h4-12H,3,13H2,1-2H3,(H,27,28). The molecule has 164 valence electrons. The van der Waals surface area contributed by atoms with Gasteiger partial charge in [-0.15, -0.1) is 0 Å². The number of nitrogens with zero attached hydrogens (tertiary/aromatic N) is 1. The van der Waals surface area contributed by atoms with Crippen LogP contribution in [0.25, 0.3) is 11.3 Å². The minimum atomic E-state index is -4.40. The molecule has 0 saturated heterocycles. The fourth-order valence-electron chi connectivity index (χ4n) is 2.63. The van der Waals surface area contributed by atoms with E-state index in [-0.39, 0.29) is 6.61 Å². The van der Waals surface area contributed by atoms with Crippen LogP contribution in [0.1, 0.15) is 31.6 Å². The second kappa shape index (κ2) is 8.71. The first kappa shape index (κ1) is 22.2. The van der Waals surface area contributed by atoms with Crippen molar-refractivity contribution in [1.29, 1.82) is 0 Å². The van der Waals surface area contributed by atoms with E-state index in [2.05, 4.69) is 5.16 Å². The molecule has 31 heavy (non-hydrogen) atoms. The average molecular weight is 435 g/mol. The van der Waals surface area contributed by atoms with Gasteiger partial charge in [-0.3, -0.25) is 0 Å². The van der Waals surface area contributed by atoms with Crippen molar-refractivity contribution in [2.45, 2.75) is 38.7 Å². The van der Waals surface area contributed by atoms with Gasteiger partial charge in [0.25, 0.3) is 0 Å². The van der Waals surface area contributed by atoms with E-state index in [1.807, 2.05) is 0 Å². The quantitative estimate of drug-likeness (QED) is 0.498. The summed E-state index contributed by atoms with van der Waals surface area (Å²) in [4.78, 5) is 11.3. The third kappa shape index (κ3) is 5.36. The third-order valence-electron chi connectivity index (χ3n) is 4.74. The van der Waals surface area contributed by atoms with E-state index in [0.29, 0.717) is 34.9 Å². The zero-order valence-electron chi connectivity index (χ0n) is 16.8. The van der Waals surface area contributed by atoms with Crippen molar-refractivity contribution in [1.82, 2.24) is 5.16 Å². The van der Waals surface area contributed by atoms with Crippen LogP contribution in [0.4, 0.5) is 13.2 Å². The van der Waals surface area contributed by atoms with Gasteiger partial charge in [-0.1, -0.05) is 24.2 Å². The largest absolute Gasteiger partial charge is 0.486 e. The molecule has 3 rings (SSSR count). The number of aromatic nitrogens is 1. The van der Waals surface area contributed by atoms with Crippen molar-refractivity contribution in [3.63, 3.8) is 0 Å². The first-order valence-corrected chi connectivity index (χ1v) is 9.39. The predicted molar refractivity (Wildman–Crippen MR) is 105 cm³/mol. The van der Waals surface area contributed by atoms with Crippen LogP contribution in [-0.4, -0.2) is 21.8 Å². The lowest BCUT2D eigenvalue weighted by atomic mass is 10.0. The molecule has 0 fully saturated rings. The van der Waals surface area contributed by atoms with Crippen LogP contribution in [0, 0.1) is 0 Å². The highest BCUT2D eigenvalue weighted by Crippen LogP contribution is 2.31. The normalized spacial score (nSPS) is 13.5. The molecule has 1 N–H and O–H groups in total. The molecule has 1 atom stereocenters. The molecule has 0 aliphatic heterocycles. The summed E-state index contributed by atoms with van der Waals surface area (Å²) >= 11 is 0. The van der Waals surface area contributed by atoms with Gasteiger partial charge in [0.05, 0.1) is 5.56 Å². The van der Waals surface area contributed by atoms with Gasteiger partial charge >= 0.3 is 12.1 Å². The van der Waals surface area contributed by atoms with Crippen LogP contribution < -0.4 is 9.47 Å². The van der Waals surface area contributed by atoms with Crippen molar-refractivity contribution in [3.05, 3.63) is 65.9 Å². The Morgan fingerprint density at radius 2 is 1.68 bits per heavy atom. The number of hydrogen-bond donors (Lipinski definition) is 1. The maximum absolute atomic E-state index is 12.7. The first-order valence-electron chi connectivity index (χ1n) is 9.39. The van der Waals surface area contributed by atoms with Gasteiger partial charge in [0, 0.05) is 11.6 Å². The van der Waals surface area contributed by atoms with E-state index in [4.69, 9.17) is 14.0 Å². The summed E-state index contributed by atoms with van der Waals surface area (Å²) in [6.45, 7) is 3.27. The average Bonchev–Trinajstić information content (AvgIpc) is 3.21. The molecule has 2 aromatic carbocycles. The first-order chi connectivity index (χ1) is 14.6. The zero-order chi connectivity index (χ0) is 22.6. The highest BCUT2D eigenvalue weighted by molar-refractivity contribution is 5.77. The second-order valence-corrected chi connectivity index (χ2v) is 7.01. The zero-order valence-corrected chi connectivity index (χ0v) is 16.8. The summed E-state index contributed by atoms with van der Waals surface area (Å²) in [5.41, 5.74) is -1.18. The number of hydrogen-bond acceptors (Lipinski definition) is 5. The Balaban J connectivity index is 1.60. The number of benzene rings is 2. The summed E-state index contributed by atoms with van der Waals surface area (Å²) in [6.07, 6.45) is -4.10. The molecule has 1 heterocycles. The minimum absolute atomic E-state index is 0.0512. The molecule has 0 radical (unpaired) electrons.